The van der Waals surface area contributed by atoms with Gasteiger partial charge in [0.2, 0.25) is 0 Å². The molecular formula is C11H8BIN2S. The number of hydrogen-bond acceptors (Lipinski definition) is 2. The minimum absolute atomic E-state index is 0.921. The molecule has 16 heavy (non-hydrogen) atoms. The molecule has 0 aliphatic rings. The molecule has 0 unspecified atom stereocenters. The Morgan fingerprint density at radius 1 is 1.25 bits per heavy atom. The molecule has 0 atom stereocenters. The van der Waals surface area contributed by atoms with E-state index in [0.717, 1.165) is 14.7 Å². The van der Waals surface area contributed by atoms with Crippen molar-refractivity contribution in [1.82, 2.24) is 8.96 Å². The lowest BCUT2D eigenvalue weighted by Gasteiger charge is -1.95. The molecule has 0 spiro atoms. The highest BCUT2D eigenvalue weighted by atomic mass is 127. The molecule has 1 aromatic carbocycles. The summed E-state index contributed by atoms with van der Waals surface area (Å²) in [6, 6.07) is 8.52. The second-order valence-electron chi connectivity index (χ2n) is 3.86. The van der Waals surface area contributed by atoms with Crippen LogP contribution in [-0.2, 0) is 0 Å². The lowest BCUT2D eigenvalue weighted by Crippen LogP contribution is -1.99. The Hall–Kier alpha value is -0.685. The van der Waals surface area contributed by atoms with E-state index >= 15 is 0 Å². The van der Waals surface area contributed by atoms with Crippen molar-refractivity contribution in [1.29, 1.82) is 0 Å². The van der Waals surface area contributed by atoms with Crippen molar-refractivity contribution in [3.8, 4) is 0 Å². The molecule has 0 bridgehead atoms. The van der Waals surface area contributed by atoms with Crippen molar-refractivity contribution >= 4 is 70.7 Å². The molecule has 0 amide bonds. The first-order valence-corrected chi connectivity index (χ1v) is 6.40. The van der Waals surface area contributed by atoms with E-state index in [-0.39, 0.29) is 0 Å². The van der Waals surface area contributed by atoms with E-state index in [1.165, 1.54) is 16.2 Å². The maximum Gasteiger partial charge on any atom is 0.150 e. The van der Waals surface area contributed by atoms with Crippen LogP contribution in [0.4, 0.5) is 0 Å². The highest BCUT2D eigenvalue weighted by Crippen LogP contribution is 2.28. The molecular weight excluding hydrogens is 330 g/mol. The molecule has 78 valence electrons. The zero-order valence-electron chi connectivity index (χ0n) is 8.61. The van der Waals surface area contributed by atoms with Gasteiger partial charge in [0.15, 0.2) is 5.65 Å². The van der Waals surface area contributed by atoms with Gasteiger partial charge in [0, 0.05) is 20.5 Å². The molecule has 0 aliphatic carbocycles. The minimum Gasteiger partial charge on any atom is -0.270 e. The third kappa shape index (κ3) is 1.45. The summed E-state index contributed by atoms with van der Waals surface area (Å²) >= 11 is 6.77. The Morgan fingerprint density at radius 2 is 2.06 bits per heavy atom. The first kappa shape index (κ1) is 10.5. The standard InChI is InChI=1S/C11H8BIN2S/c12-6-1-2-10-8(3-6)9-4-7(13)5-14-11(9)15(10)16/h1-5,16H,12H2. The van der Waals surface area contributed by atoms with Gasteiger partial charge in [0.1, 0.15) is 7.85 Å². The van der Waals surface area contributed by atoms with Crippen molar-refractivity contribution in [2.75, 3.05) is 0 Å². The Labute approximate surface area is 113 Å². The summed E-state index contributed by atoms with van der Waals surface area (Å²) in [6.45, 7) is 0. The second-order valence-corrected chi connectivity index (χ2v) is 5.50. The summed E-state index contributed by atoms with van der Waals surface area (Å²) in [5.74, 6) is 0. The topological polar surface area (TPSA) is 17.8 Å². The molecule has 0 saturated carbocycles. The zero-order valence-corrected chi connectivity index (χ0v) is 11.7. The summed E-state index contributed by atoms with van der Waals surface area (Å²) in [5.41, 5.74) is 3.29. The van der Waals surface area contributed by atoms with Gasteiger partial charge in [-0.15, -0.1) is 0 Å². The molecule has 2 heterocycles. The number of nitrogens with zero attached hydrogens (tertiary/aromatic N) is 2. The summed E-state index contributed by atoms with van der Waals surface area (Å²) in [4.78, 5) is 4.43. The van der Waals surface area contributed by atoms with E-state index in [2.05, 4.69) is 72.5 Å². The lowest BCUT2D eigenvalue weighted by molar-refractivity contribution is 1.29. The Kier molecular flexibility index (Phi) is 2.40. The number of rotatable bonds is 0. The number of fused-ring (bicyclic) bond motifs is 3. The third-order valence-electron chi connectivity index (χ3n) is 2.70. The highest BCUT2D eigenvalue weighted by Gasteiger charge is 2.09. The maximum absolute atomic E-state index is 4.49. The highest BCUT2D eigenvalue weighted by molar-refractivity contribution is 14.1. The average Bonchev–Trinajstić information content (AvgIpc) is 2.52. The summed E-state index contributed by atoms with van der Waals surface area (Å²) in [7, 11) is 2.10. The molecule has 2 nitrogen and oxygen atoms in total. The van der Waals surface area contributed by atoms with Crippen molar-refractivity contribution in [2.24, 2.45) is 0 Å². The van der Waals surface area contributed by atoms with Gasteiger partial charge in [-0.1, -0.05) is 30.4 Å². The average molecular weight is 338 g/mol. The van der Waals surface area contributed by atoms with Gasteiger partial charge in [0.05, 0.1) is 5.52 Å². The van der Waals surface area contributed by atoms with E-state index in [1.807, 2.05) is 10.2 Å². The fourth-order valence-electron chi connectivity index (χ4n) is 1.96. The molecule has 5 heteroatoms. The first-order valence-electron chi connectivity index (χ1n) is 4.92. The number of hydrogen-bond donors (Lipinski definition) is 1. The largest absolute Gasteiger partial charge is 0.270 e. The molecule has 3 aromatic rings. The van der Waals surface area contributed by atoms with Gasteiger partial charge >= 0.3 is 0 Å². The lowest BCUT2D eigenvalue weighted by atomic mass is 9.95. The molecule has 0 aliphatic heterocycles. The van der Waals surface area contributed by atoms with Crippen LogP contribution in [0.15, 0.2) is 30.5 Å². The van der Waals surface area contributed by atoms with E-state index in [0.29, 0.717) is 0 Å². The van der Waals surface area contributed by atoms with Crippen LogP contribution in [0.1, 0.15) is 0 Å². The monoisotopic (exact) mass is 338 g/mol. The predicted octanol–water partition coefficient (Wildman–Crippen LogP) is 1.75. The summed E-state index contributed by atoms with van der Waals surface area (Å²) < 4.78 is 2.99. The van der Waals surface area contributed by atoms with Gasteiger partial charge in [-0.2, -0.15) is 0 Å². The van der Waals surface area contributed by atoms with Gasteiger partial charge < -0.3 is 0 Å². The minimum atomic E-state index is 0.921. The molecule has 0 saturated heterocycles. The third-order valence-corrected chi connectivity index (χ3v) is 3.70. The second kappa shape index (κ2) is 3.66. The molecule has 0 radical (unpaired) electrons. The number of pyridine rings is 1. The molecule has 2 aromatic heterocycles. The van der Waals surface area contributed by atoms with Crippen LogP contribution < -0.4 is 5.46 Å². The van der Waals surface area contributed by atoms with E-state index < -0.39 is 0 Å². The van der Waals surface area contributed by atoms with E-state index in [1.54, 1.807) is 0 Å². The Bertz CT molecular complexity index is 649. The van der Waals surface area contributed by atoms with Crippen molar-refractivity contribution in [3.63, 3.8) is 0 Å². The van der Waals surface area contributed by atoms with Crippen LogP contribution in [-0.4, -0.2) is 16.8 Å². The van der Waals surface area contributed by atoms with Crippen LogP contribution >= 0.6 is 35.4 Å². The number of halogens is 1. The van der Waals surface area contributed by atoms with Crippen LogP contribution in [0, 0.1) is 3.57 Å². The van der Waals surface area contributed by atoms with Crippen LogP contribution in [0.25, 0.3) is 21.9 Å². The quantitative estimate of drug-likeness (QED) is 0.376. The zero-order chi connectivity index (χ0) is 11.3. The van der Waals surface area contributed by atoms with Gasteiger partial charge in [0.25, 0.3) is 0 Å². The molecule has 0 N–H and O–H groups in total. The van der Waals surface area contributed by atoms with Crippen molar-refractivity contribution in [3.05, 3.63) is 34.0 Å². The number of thiol groups is 1. The smallest absolute Gasteiger partial charge is 0.150 e. The Balaban J connectivity index is 2.60. The Morgan fingerprint density at radius 3 is 2.88 bits per heavy atom. The van der Waals surface area contributed by atoms with Crippen molar-refractivity contribution < 1.29 is 0 Å². The predicted molar refractivity (Wildman–Crippen MR) is 82.5 cm³/mol. The normalized spacial score (nSPS) is 11.4. The van der Waals surface area contributed by atoms with Crippen LogP contribution in [0.3, 0.4) is 0 Å². The van der Waals surface area contributed by atoms with Gasteiger partial charge in [-0.3, -0.25) is 3.97 Å². The summed E-state index contributed by atoms with van der Waals surface area (Å²) in [6.07, 6.45) is 1.86. The van der Waals surface area contributed by atoms with Crippen LogP contribution in [0.2, 0.25) is 0 Å². The van der Waals surface area contributed by atoms with Gasteiger partial charge in [-0.25, -0.2) is 4.98 Å². The van der Waals surface area contributed by atoms with E-state index in [4.69, 9.17) is 0 Å². The van der Waals surface area contributed by atoms with Crippen LogP contribution in [0.5, 0.6) is 0 Å². The van der Waals surface area contributed by atoms with Gasteiger partial charge in [-0.05, 0) is 34.7 Å². The van der Waals surface area contributed by atoms with Crippen molar-refractivity contribution in [2.45, 2.75) is 0 Å². The first-order chi connectivity index (χ1) is 7.66. The SMILES string of the molecule is Bc1ccc2c(c1)c1cc(I)cnc1n2S. The van der Waals surface area contributed by atoms with E-state index in [9.17, 15) is 0 Å². The fourth-order valence-corrected chi connectivity index (χ4v) is 2.75. The molecule has 3 rings (SSSR count). The molecule has 0 fully saturated rings. The maximum atomic E-state index is 4.49. The number of benzene rings is 1. The number of aromatic nitrogens is 2. The summed E-state index contributed by atoms with van der Waals surface area (Å²) in [5, 5.41) is 2.39. The fraction of sp³-hybridized carbons (Fsp3) is 0.